The van der Waals surface area contributed by atoms with E-state index in [1.54, 1.807) is 23.3 Å². The van der Waals surface area contributed by atoms with Gasteiger partial charge in [0, 0.05) is 21.8 Å². The molecule has 0 bridgehead atoms. The minimum Gasteiger partial charge on any atom is -0.481 e. The van der Waals surface area contributed by atoms with E-state index in [1.165, 1.54) is 0 Å². The average molecular weight is 360 g/mol. The highest BCUT2D eigenvalue weighted by atomic mass is 79.9. The molecule has 0 aliphatic heterocycles. The number of hydrogen-bond acceptors (Lipinski definition) is 3. The third-order valence-electron chi connectivity index (χ3n) is 3.82. The highest BCUT2D eigenvalue weighted by Crippen LogP contribution is 2.37. The van der Waals surface area contributed by atoms with Crippen molar-refractivity contribution in [2.45, 2.75) is 26.3 Å². The molecule has 6 heteroatoms. The van der Waals surface area contributed by atoms with Crippen molar-refractivity contribution in [3.63, 3.8) is 0 Å². The number of amides is 1. The van der Waals surface area contributed by atoms with Gasteiger partial charge >= 0.3 is 5.97 Å². The molecule has 1 aromatic heterocycles. The standard InChI is InChI=1S/C14H18BrNO3S/c1-8-3-11(12(4-8)14(18)19)13(17)16(2)6-10-5-9(15)7-20-10/h5,7-8,11-12H,3-4,6H2,1-2H3,(H,18,19)/t8?,11-,12+/m0/s1. The lowest BCUT2D eigenvalue weighted by Crippen LogP contribution is -2.36. The fraction of sp³-hybridized carbons (Fsp3) is 0.571. The molecule has 0 radical (unpaired) electrons. The zero-order valence-corrected chi connectivity index (χ0v) is 13.9. The molecule has 1 N–H and O–H groups in total. The van der Waals surface area contributed by atoms with Gasteiger partial charge in [0.05, 0.1) is 18.4 Å². The number of aliphatic carboxylic acids is 1. The van der Waals surface area contributed by atoms with E-state index in [4.69, 9.17) is 0 Å². The van der Waals surface area contributed by atoms with Crippen molar-refractivity contribution in [3.8, 4) is 0 Å². The minimum absolute atomic E-state index is 0.0497. The van der Waals surface area contributed by atoms with Crippen LogP contribution < -0.4 is 0 Å². The largest absolute Gasteiger partial charge is 0.481 e. The molecule has 1 aromatic rings. The summed E-state index contributed by atoms with van der Waals surface area (Å²) in [6.45, 7) is 2.55. The molecule has 0 spiro atoms. The number of carboxylic acid groups (broad SMARTS) is 1. The number of hydrogen-bond donors (Lipinski definition) is 1. The zero-order valence-electron chi connectivity index (χ0n) is 11.5. The van der Waals surface area contributed by atoms with E-state index in [9.17, 15) is 14.7 Å². The van der Waals surface area contributed by atoms with Gasteiger partial charge in [-0.2, -0.15) is 0 Å². The number of carbonyl (C=O) groups excluding carboxylic acids is 1. The van der Waals surface area contributed by atoms with Gasteiger partial charge in [-0.1, -0.05) is 6.92 Å². The second-order valence-corrected chi connectivity index (χ2v) is 7.46. The Morgan fingerprint density at radius 1 is 1.45 bits per heavy atom. The zero-order chi connectivity index (χ0) is 14.9. The van der Waals surface area contributed by atoms with Gasteiger partial charge in [-0.25, -0.2) is 0 Å². The number of thiophene rings is 1. The number of halogens is 1. The van der Waals surface area contributed by atoms with Crippen LogP contribution in [0.15, 0.2) is 15.9 Å². The average Bonchev–Trinajstić information content (AvgIpc) is 2.94. The Kier molecular flexibility index (Phi) is 4.86. The van der Waals surface area contributed by atoms with Gasteiger partial charge in [-0.3, -0.25) is 9.59 Å². The normalized spacial score (nSPS) is 25.6. The first kappa shape index (κ1) is 15.5. The fourth-order valence-electron chi connectivity index (χ4n) is 2.87. The molecular formula is C14H18BrNO3S. The molecule has 0 saturated heterocycles. The first-order valence-corrected chi connectivity index (χ1v) is 8.26. The van der Waals surface area contributed by atoms with Gasteiger partial charge in [-0.15, -0.1) is 11.3 Å². The van der Waals surface area contributed by atoms with Crippen molar-refractivity contribution in [1.29, 1.82) is 0 Å². The third kappa shape index (κ3) is 3.41. The molecular weight excluding hydrogens is 342 g/mol. The van der Waals surface area contributed by atoms with E-state index < -0.39 is 11.9 Å². The molecule has 110 valence electrons. The van der Waals surface area contributed by atoms with Crippen LogP contribution in [0.4, 0.5) is 0 Å². The molecule has 3 atom stereocenters. The maximum atomic E-state index is 12.5. The molecule has 4 nitrogen and oxygen atoms in total. The van der Waals surface area contributed by atoms with Gasteiger partial charge in [0.25, 0.3) is 0 Å². The first-order chi connectivity index (χ1) is 9.38. The molecule has 1 amide bonds. The molecule has 1 aliphatic carbocycles. The van der Waals surface area contributed by atoms with Crippen LogP contribution in [0.25, 0.3) is 0 Å². The SMILES string of the molecule is CC1C[C@H](C(=O)N(C)Cc2cc(Br)cs2)[C@H](C(=O)O)C1. The van der Waals surface area contributed by atoms with Crippen LogP contribution in [0.1, 0.15) is 24.6 Å². The van der Waals surface area contributed by atoms with Gasteiger partial charge in [0.15, 0.2) is 0 Å². The predicted octanol–water partition coefficient (Wildman–Crippen LogP) is 3.22. The van der Waals surface area contributed by atoms with Crippen molar-refractivity contribution in [2.24, 2.45) is 17.8 Å². The maximum Gasteiger partial charge on any atom is 0.307 e. The molecule has 1 unspecified atom stereocenters. The van der Waals surface area contributed by atoms with E-state index in [1.807, 2.05) is 18.4 Å². The highest BCUT2D eigenvalue weighted by Gasteiger charge is 2.42. The summed E-state index contributed by atoms with van der Waals surface area (Å²) in [7, 11) is 1.75. The van der Waals surface area contributed by atoms with Crippen LogP contribution in [-0.4, -0.2) is 28.9 Å². The van der Waals surface area contributed by atoms with Crippen molar-refractivity contribution in [1.82, 2.24) is 4.90 Å². The minimum atomic E-state index is -0.847. The Morgan fingerprint density at radius 3 is 2.65 bits per heavy atom. The van der Waals surface area contributed by atoms with E-state index in [0.29, 0.717) is 25.3 Å². The number of nitrogens with zero attached hydrogens (tertiary/aromatic N) is 1. The summed E-state index contributed by atoms with van der Waals surface area (Å²) >= 11 is 4.98. The van der Waals surface area contributed by atoms with Gasteiger partial charge < -0.3 is 10.0 Å². The Morgan fingerprint density at radius 2 is 2.10 bits per heavy atom. The van der Waals surface area contributed by atoms with E-state index in [0.717, 1.165) is 9.35 Å². The number of carbonyl (C=O) groups is 2. The lowest BCUT2D eigenvalue weighted by atomic mass is 9.95. The fourth-order valence-corrected chi connectivity index (χ4v) is 4.37. The van der Waals surface area contributed by atoms with Crippen molar-refractivity contribution in [2.75, 3.05) is 7.05 Å². The summed E-state index contributed by atoms with van der Waals surface area (Å²) < 4.78 is 1.01. The van der Waals surface area contributed by atoms with Gasteiger partial charge in [0.2, 0.25) is 5.91 Å². The van der Waals surface area contributed by atoms with Crippen LogP contribution >= 0.6 is 27.3 Å². The Bertz CT molecular complexity index is 516. The summed E-state index contributed by atoms with van der Waals surface area (Å²) in [6.07, 6.45) is 1.28. The molecule has 2 rings (SSSR count). The van der Waals surface area contributed by atoms with E-state index >= 15 is 0 Å². The van der Waals surface area contributed by atoms with Crippen LogP contribution in [0.2, 0.25) is 0 Å². The second kappa shape index (κ2) is 6.26. The topological polar surface area (TPSA) is 57.6 Å². The lowest BCUT2D eigenvalue weighted by molar-refractivity contribution is -0.148. The Balaban J connectivity index is 2.04. The molecule has 1 saturated carbocycles. The lowest BCUT2D eigenvalue weighted by Gasteiger charge is -2.23. The predicted molar refractivity (Wildman–Crippen MR) is 81.5 cm³/mol. The van der Waals surface area contributed by atoms with Crippen molar-refractivity contribution >= 4 is 39.1 Å². The summed E-state index contributed by atoms with van der Waals surface area (Å²) in [5.74, 6) is -1.51. The smallest absolute Gasteiger partial charge is 0.307 e. The van der Waals surface area contributed by atoms with Crippen LogP contribution in [0.3, 0.4) is 0 Å². The molecule has 0 aromatic carbocycles. The van der Waals surface area contributed by atoms with E-state index in [2.05, 4.69) is 15.9 Å². The van der Waals surface area contributed by atoms with Crippen molar-refractivity contribution in [3.05, 3.63) is 20.8 Å². The highest BCUT2D eigenvalue weighted by molar-refractivity contribution is 9.10. The van der Waals surface area contributed by atoms with Crippen LogP contribution in [0.5, 0.6) is 0 Å². The van der Waals surface area contributed by atoms with Gasteiger partial charge in [-0.05, 0) is 40.8 Å². The Hall–Kier alpha value is -0.880. The molecule has 20 heavy (non-hydrogen) atoms. The summed E-state index contributed by atoms with van der Waals surface area (Å²) in [5.41, 5.74) is 0. The maximum absolute atomic E-state index is 12.5. The summed E-state index contributed by atoms with van der Waals surface area (Å²) in [6, 6.07) is 1.99. The summed E-state index contributed by atoms with van der Waals surface area (Å²) in [5, 5.41) is 11.2. The number of rotatable bonds is 4. The van der Waals surface area contributed by atoms with Gasteiger partial charge in [0.1, 0.15) is 0 Å². The van der Waals surface area contributed by atoms with E-state index in [-0.39, 0.29) is 11.8 Å². The third-order valence-corrected chi connectivity index (χ3v) is 5.51. The Labute approximate surface area is 130 Å². The van der Waals surface area contributed by atoms with Crippen LogP contribution in [-0.2, 0) is 16.1 Å². The molecule has 1 fully saturated rings. The van der Waals surface area contributed by atoms with Crippen molar-refractivity contribution < 1.29 is 14.7 Å². The molecule has 1 aliphatic rings. The van der Waals surface area contributed by atoms with Crippen LogP contribution in [0, 0.1) is 17.8 Å². The number of carboxylic acids is 1. The monoisotopic (exact) mass is 359 g/mol. The second-order valence-electron chi connectivity index (χ2n) is 5.55. The first-order valence-electron chi connectivity index (χ1n) is 6.59. The summed E-state index contributed by atoms with van der Waals surface area (Å²) in [4.78, 5) is 26.5. The molecule has 1 heterocycles. The quantitative estimate of drug-likeness (QED) is 0.897.